The van der Waals surface area contributed by atoms with E-state index < -0.39 is 0 Å². The molecule has 0 aromatic carbocycles. The van der Waals surface area contributed by atoms with Gasteiger partial charge in [-0.3, -0.25) is 0 Å². The number of rotatable bonds is 4. The van der Waals surface area contributed by atoms with E-state index in [4.69, 9.17) is 15.5 Å². The molecule has 2 N–H and O–H groups in total. The molecular weight excluding hydrogens is 246 g/mol. The normalized spacial score (nSPS) is 21.2. The van der Waals surface area contributed by atoms with Crippen molar-refractivity contribution in [1.82, 2.24) is 4.98 Å². The number of hydrogen-bond acceptors (Lipinski definition) is 5. The third-order valence-electron chi connectivity index (χ3n) is 3.91. The fourth-order valence-electron chi connectivity index (χ4n) is 2.55. The Balaban J connectivity index is 1.77. The van der Waals surface area contributed by atoms with E-state index in [-0.39, 0.29) is 0 Å². The van der Waals surface area contributed by atoms with Crippen molar-refractivity contribution in [3.05, 3.63) is 10.6 Å². The Labute approximate surface area is 112 Å². The summed E-state index contributed by atoms with van der Waals surface area (Å²) in [5.74, 6) is 0.691. The van der Waals surface area contributed by atoms with Crippen LogP contribution in [0.1, 0.15) is 42.2 Å². The molecule has 3 rings (SSSR count). The standard InChI is InChI=1S/C13H21N3OS/c1-16(10-4-6-17-7-5-10)13-15-12(9-2-3-9)11(8-14)18-13/h9-10H,2-8,14H2,1H3. The summed E-state index contributed by atoms with van der Waals surface area (Å²) in [6, 6.07) is 0.572. The molecule has 1 saturated heterocycles. The van der Waals surface area contributed by atoms with Crippen molar-refractivity contribution in [2.75, 3.05) is 25.2 Å². The van der Waals surface area contributed by atoms with Gasteiger partial charge in [0.1, 0.15) is 0 Å². The summed E-state index contributed by atoms with van der Waals surface area (Å²) in [5.41, 5.74) is 7.11. The Bertz CT molecular complexity index is 410. The molecule has 2 heterocycles. The summed E-state index contributed by atoms with van der Waals surface area (Å²) in [6.45, 7) is 2.38. The highest BCUT2D eigenvalue weighted by molar-refractivity contribution is 7.15. The summed E-state index contributed by atoms with van der Waals surface area (Å²) in [5, 5.41) is 1.14. The number of nitrogens with zero attached hydrogens (tertiary/aromatic N) is 2. The summed E-state index contributed by atoms with van der Waals surface area (Å²) in [4.78, 5) is 8.46. The van der Waals surface area contributed by atoms with Crippen LogP contribution in [0.25, 0.3) is 0 Å². The molecule has 1 aromatic rings. The highest BCUT2D eigenvalue weighted by Gasteiger charge is 2.30. The smallest absolute Gasteiger partial charge is 0.185 e. The average Bonchev–Trinajstić information content (AvgIpc) is 3.18. The second-order valence-electron chi connectivity index (χ2n) is 5.24. The van der Waals surface area contributed by atoms with Gasteiger partial charge in [0.25, 0.3) is 0 Å². The molecule has 100 valence electrons. The molecule has 1 aromatic heterocycles. The van der Waals surface area contributed by atoms with E-state index in [0.29, 0.717) is 18.5 Å². The lowest BCUT2D eigenvalue weighted by atomic mass is 10.1. The average molecular weight is 267 g/mol. The molecule has 18 heavy (non-hydrogen) atoms. The predicted octanol–water partition coefficient (Wildman–Crippen LogP) is 2.09. The monoisotopic (exact) mass is 267 g/mol. The third kappa shape index (κ3) is 2.39. The molecule has 0 spiro atoms. The van der Waals surface area contributed by atoms with Gasteiger partial charge in [-0.25, -0.2) is 4.98 Å². The predicted molar refractivity (Wildman–Crippen MR) is 74.2 cm³/mol. The second kappa shape index (κ2) is 5.15. The van der Waals surface area contributed by atoms with Crippen molar-refractivity contribution in [2.45, 2.75) is 44.2 Å². The molecular formula is C13H21N3OS. The first-order chi connectivity index (χ1) is 8.79. The lowest BCUT2D eigenvalue weighted by Gasteiger charge is -2.30. The maximum Gasteiger partial charge on any atom is 0.185 e. The molecule has 1 saturated carbocycles. The van der Waals surface area contributed by atoms with Crippen LogP contribution in [-0.4, -0.2) is 31.3 Å². The second-order valence-corrected chi connectivity index (χ2v) is 6.30. The van der Waals surface area contributed by atoms with E-state index in [0.717, 1.165) is 31.2 Å². The van der Waals surface area contributed by atoms with E-state index in [1.807, 2.05) is 0 Å². The molecule has 0 atom stereocenters. The van der Waals surface area contributed by atoms with Crippen LogP contribution in [0.5, 0.6) is 0 Å². The van der Waals surface area contributed by atoms with Gasteiger partial charge in [0.2, 0.25) is 0 Å². The van der Waals surface area contributed by atoms with Gasteiger partial charge < -0.3 is 15.4 Å². The van der Waals surface area contributed by atoms with Gasteiger partial charge in [0.05, 0.1) is 5.69 Å². The van der Waals surface area contributed by atoms with E-state index >= 15 is 0 Å². The Hall–Kier alpha value is -0.650. The molecule has 1 aliphatic carbocycles. The number of anilines is 1. The van der Waals surface area contributed by atoms with Crippen LogP contribution in [0.3, 0.4) is 0 Å². The largest absolute Gasteiger partial charge is 0.381 e. The van der Waals surface area contributed by atoms with Crippen molar-refractivity contribution >= 4 is 16.5 Å². The minimum Gasteiger partial charge on any atom is -0.381 e. The van der Waals surface area contributed by atoms with Gasteiger partial charge in [-0.1, -0.05) is 0 Å². The maximum absolute atomic E-state index is 5.84. The number of nitrogens with two attached hydrogens (primary N) is 1. The summed E-state index contributed by atoms with van der Waals surface area (Å²) in [7, 11) is 2.16. The fraction of sp³-hybridized carbons (Fsp3) is 0.769. The molecule has 0 unspecified atom stereocenters. The van der Waals surface area contributed by atoms with E-state index in [1.165, 1.54) is 23.4 Å². The van der Waals surface area contributed by atoms with Crippen molar-refractivity contribution in [3.63, 3.8) is 0 Å². The van der Waals surface area contributed by atoms with Crippen molar-refractivity contribution in [3.8, 4) is 0 Å². The Morgan fingerprint density at radius 3 is 2.67 bits per heavy atom. The summed E-state index contributed by atoms with van der Waals surface area (Å²) < 4.78 is 5.42. The number of thiazole rings is 1. The zero-order chi connectivity index (χ0) is 12.5. The topological polar surface area (TPSA) is 51.4 Å². The third-order valence-corrected chi connectivity index (χ3v) is 5.09. The van der Waals surface area contributed by atoms with Crippen molar-refractivity contribution in [2.24, 2.45) is 5.73 Å². The summed E-state index contributed by atoms with van der Waals surface area (Å²) >= 11 is 1.78. The lowest BCUT2D eigenvalue weighted by molar-refractivity contribution is 0.0855. The lowest BCUT2D eigenvalue weighted by Crippen LogP contribution is -2.36. The first-order valence-corrected chi connectivity index (χ1v) is 7.61. The van der Waals surface area contributed by atoms with E-state index in [9.17, 15) is 0 Å². The number of hydrogen-bond donors (Lipinski definition) is 1. The highest BCUT2D eigenvalue weighted by Crippen LogP contribution is 2.44. The zero-order valence-corrected chi connectivity index (χ0v) is 11.7. The summed E-state index contributed by atoms with van der Waals surface area (Å²) in [6.07, 6.45) is 4.79. The van der Waals surface area contributed by atoms with Crippen LogP contribution >= 0.6 is 11.3 Å². The van der Waals surface area contributed by atoms with Crippen molar-refractivity contribution in [1.29, 1.82) is 0 Å². The van der Waals surface area contributed by atoms with Gasteiger partial charge in [0.15, 0.2) is 5.13 Å². The molecule has 2 fully saturated rings. The minimum atomic E-state index is 0.572. The number of aromatic nitrogens is 1. The van der Waals surface area contributed by atoms with Gasteiger partial charge in [0, 0.05) is 43.6 Å². The maximum atomic E-state index is 5.84. The molecule has 4 nitrogen and oxygen atoms in total. The van der Waals surface area contributed by atoms with Gasteiger partial charge in [-0.05, 0) is 25.7 Å². The Morgan fingerprint density at radius 1 is 1.33 bits per heavy atom. The van der Waals surface area contributed by atoms with Crippen LogP contribution in [0.4, 0.5) is 5.13 Å². The fourth-order valence-corrected chi connectivity index (χ4v) is 3.61. The van der Waals surface area contributed by atoms with Gasteiger partial charge in [-0.15, -0.1) is 11.3 Å². The van der Waals surface area contributed by atoms with E-state index in [2.05, 4.69) is 11.9 Å². The molecule has 0 bridgehead atoms. The van der Waals surface area contributed by atoms with Crippen molar-refractivity contribution < 1.29 is 4.74 Å². The van der Waals surface area contributed by atoms with Crippen LogP contribution in [-0.2, 0) is 11.3 Å². The van der Waals surface area contributed by atoms with Crippen LogP contribution in [0, 0.1) is 0 Å². The number of ether oxygens (including phenoxy) is 1. The molecule has 0 amide bonds. The van der Waals surface area contributed by atoms with E-state index in [1.54, 1.807) is 11.3 Å². The van der Waals surface area contributed by atoms with Gasteiger partial charge in [-0.2, -0.15) is 0 Å². The first kappa shape index (κ1) is 12.4. The Kier molecular flexibility index (Phi) is 3.54. The molecule has 5 heteroatoms. The van der Waals surface area contributed by atoms with Crippen LogP contribution < -0.4 is 10.6 Å². The van der Waals surface area contributed by atoms with Crippen LogP contribution in [0.15, 0.2) is 0 Å². The quantitative estimate of drug-likeness (QED) is 0.907. The van der Waals surface area contributed by atoms with Crippen LogP contribution in [0.2, 0.25) is 0 Å². The molecule has 0 radical (unpaired) electrons. The SMILES string of the molecule is CN(c1nc(C2CC2)c(CN)s1)C1CCOCC1. The Morgan fingerprint density at radius 2 is 2.06 bits per heavy atom. The molecule has 1 aliphatic heterocycles. The zero-order valence-electron chi connectivity index (χ0n) is 10.9. The highest BCUT2D eigenvalue weighted by atomic mass is 32.1. The first-order valence-electron chi connectivity index (χ1n) is 6.80. The van der Waals surface area contributed by atoms with Gasteiger partial charge >= 0.3 is 0 Å². The minimum absolute atomic E-state index is 0.572. The molecule has 2 aliphatic rings.